The lowest BCUT2D eigenvalue weighted by Crippen LogP contribution is -1.90. The summed E-state index contributed by atoms with van der Waals surface area (Å²) < 4.78 is 13.1. The predicted octanol–water partition coefficient (Wildman–Crippen LogP) is 3.93. The molecule has 1 N–H and O–H groups in total. The van der Waals surface area contributed by atoms with E-state index in [0.29, 0.717) is 27.4 Å². The first kappa shape index (κ1) is 12.6. The van der Waals surface area contributed by atoms with Crippen molar-refractivity contribution in [2.24, 2.45) is 0 Å². The van der Waals surface area contributed by atoms with Crippen LogP contribution in [0.1, 0.15) is 0 Å². The molecular weight excluding hydrogens is 285 g/mol. The number of fused-ring (bicyclic) bond motifs is 1. The van der Waals surface area contributed by atoms with Crippen molar-refractivity contribution >= 4 is 28.3 Å². The number of hydrogen-bond donors (Lipinski definition) is 1. The highest BCUT2D eigenvalue weighted by molar-refractivity contribution is 6.33. The van der Waals surface area contributed by atoms with E-state index in [9.17, 15) is 14.5 Å². The molecule has 0 saturated heterocycles. The summed E-state index contributed by atoms with van der Waals surface area (Å²) in [6.07, 6.45) is 0. The first-order valence-corrected chi connectivity index (χ1v) is 6.02. The average molecular weight is 292 g/mol. The normalized spacial score (nSPS) is 10.9. The smallest absolute Gasteiger partial charge is 0.270 e. The van der Waals surface area contributed by atoms with E-state index >= 15 is 0 Å². The van der Waals surface area contributed by atoms with Gasteiger partial charge in [0.1, 0.15) is 11.6 Å². The summed E-state index contributed by atoms with van der Waals surface area (Å²) in [5.74, 6) is -0.0304. The molecule has 0 fully saturated rings. The van der Waals surface area contributed by atoms with Gasteiger partial charge in [0.2, 0.25) is 0 Å². The summed E-state index contributed by atoms with van der Waals surface area (Å²) in [5.41, 5.74) is 1.38. The second kappa shape index (κ2) is 4.57. The molecule has 0 atom stereocenters. The van der Waals surface area contributed by atoms with Gasteiger partial charge in [-0.1, -0.05) is 11.6 Å². The molecule has 0 aliphatic heterocycles. The largest absolute Gasteiger partial charge is 0.338 e. The lowest BCUT2D eigenvalue weighted by Gasteiger charge is -2.00. The summed E-state index contributed by atoms with van der Waals surface area (Å²) in [4.78, 5) is 17.4. The van der Waals surface area contributed by atoms with Crippen LogP contribution in [0, 0.1) is 15.9 Å². The van der Waals surface area contributed by atoms with E-state index in [4.69, 9.17) is 11.6 Å². The number of imidazole rings is 1. The SMILES string of the molecule is O=[N+]([O-])c1ccc(Cl)c(-c2nc3ccc(F)cc3[nH]2)c1. The number of aromatic nitrogens is 2. The van der Waals surface area contributed by atoms with Crippen LogP contribution in [-0.4, -0.2) is 14.9 Å². The van der Waals surface area contributed by atoms with Crippen LogP contribution < -0.4 is 0 Å². The molecular formula is C13H7ClFN3O2. The number of non-ortho nitro benzene ring substituents is 1. The van der Waals surface area contributed by atoms with E-state index < -0.39 is 10.7 Å². The van der Waals surface area contributed by atoms with Crippen LogP contribution in [0.25, 0.3) is 22.4 Å². The second-order valence-corrected chi connectivity index (χ2v) is 4.58. The predicted molar refractivity (Wildman–Crippen MR) is 73.2 cm³/mol. The summed E-state index contributed by atoms with van der Waals surface area (Å²) >= 11 is 6.04. The maximum atomic E-state index is 13.1. The fourth-order valence-electron chi connectivity index (χ4n) is 1.92. The molecule has 0 saturated carbocycles. The average Bonchev–Trinajstić information content (AvgIpc) is 2.81. The topological polar surface area (TPSA) is 71.8 Å². The van der Waals surface area contributed by atoms with Gasteiger partial charge in [-0.05, 0) is 24.3 Å². The second-order valence-electron chi connectivity index (χ2n) is 4.17. The van der Waals surface area contributed by atoms with Crippen LogP contribution in [0.15, 0.2) is 36.4 Å². The first-order chi connectivity index (χ1) is 9.54. The van der Waals surface area contributed by atoms with E-state index in [0.717, 1.165) is 0 Å². The number of halogens is 2. The van der Waals surface area contributed by atoms with Gasteiger partial charge in [0.15, 0.2) is 0 Å². The number of benzene rings is 2. The number of nitrogens with one attached hydrogen (secondary N) is 1. The Labute approximate surface area is 117 Å². The highest BCUT2D eigenvalue weighted by Crippen LogP contribution is 2.31. The molecule has 1 aromatic heterocycles. The van der Waals surface area contributed by atoms with Gasteiger partial charge in [-0.25, -0.2) is 9.37 Å². The molecule has 3 aromatic rings. The molecule has 0 radical (unpaired) electrons. The van der Waals surface area contributed by atoms with Gasteiger partial charge in [0.25, 0.3) is 5.69 Å². The van der Waals surface area contributed by atoms with E-state index in [1.54, 1.807) is 0 Å². The summed E-state index contributed by atoms with van der Waals surface area (Å²) in [7, 11) is 0. The maximum Gasteiger partial charge on any atom is 0.270 e. The Balaban J connectivity index is 2.19. The van der Waals surface area contributed by atoms with E-state index in [2.05, 4.69) is 9.97 Å². The number of nitrogens with zero attached hydrogens (tertiary/aromatic N) is 2. The first-order valence-electron chi connectivity index (χ1n) is 5.64. The van der Waals surface area contributed by atoms with Crippen LogP contribution in [0.2, 0.25) is 5.02 Å². The third kappa shape index (κ3) is 2.10. The molecule has 20 heavy (non-hydrogen) atoms. The number of nitro groups is 1. The number of H-pyrrole nitrogens is 1. The van der Waals surface area contributed by atoms with Crippen molar-refractivity contribution in [1.82, 2.24) is 9.97 Å². The fraction of sp³-hybridized carbons (Fsp3) is 0. The Bertz CT molecular complexity index is 832. The molecule has 0 amide bonds. The Morgan fingerprint density at radius 2 is 2.05 bits per heavy atom. The Hall–Kier alpha value is -2.47. The van der Waals surface area contributed by atoms with Crippen LogP contribution in [0.5, 0.6) is 0 Å². The molecule has 0 bridgehead atoms. The molecule has 100 valence electrons. The fourth-order valence-corrected chi connectivity index (χ4v) is 2.12. The number of hydrogen-bond acceptors (Lipinski definition) is 3. The quantitative estimate of drug-likeness (QED) is 0.574. The van der Waals surface area contributed by atoms with Crippen molar-refractivity contribution in [3.8, 4) is 11.4 Å². The molecule has 5 nitrogen and oxygen atoms in total. The zero-order valence-corrected chi connectivity index (χ0v) is 10.7. The van der Waals surface area contributed by atoms with Crippen molar-refractivity contribution < 1.29 is 9.31 Å². The van der Waals surface area contributed by atoms with Gasteiger partial charge in [-0.15, -0.1) is 0 Å². The molecule has 0 unspecified atom stereocenters. The Kier molecular flexibility index (Phi) is 2.87. The molecule has 3 rings (SSSR count). The summed E-state index contributed by atoms with van der Waals surface area (Å²) in [5, 5.41) is 11.1. The minimum absolute atomic E-state index is 0.0870. The Morgan fingerprint density at radius 3 is 2.80 bits per heavy atom. The third-order valence-electron chi connectivity index (χ3n) is 2.86. The minimum Gasteiger partial charge on any atom is -0.338 e. The van der Waals surface area contributed by atoms with Gasteiger partial charge in [0, 0.05) is 17.7 Å². The van der Waals surface area contributed by atoms with Crippen LogP contribution in [0.3, 0.4) is 0 Å². The standard InChI is InChI=1S/C13H7ClFN3O2/c14-10-3-2-8(18(19)20)6-9(10)13-16-11-4-1-7(15)5-12(11)17-13/h1-6H,(H,16,17). The van der Waals surface area contributed by atoms with Crippen LogP contribution >= 0.6 is 11.6 Å². The van der Waals surface area contributed by atoms with Gasteiger partial charge < -0.3 is 4.98 Å². The number of nitro benzene ring substituents is 1. The molecule has 0 spiro atoms. The van der Waals surface area contributed by atoms with Gasteiger partial charge in [0.05, 0.1) is 21.0 Å². The van der Waals surface area contributed by atoms with Crippen molar-refractivity contribution in [2.75, 3.05) is 0 Å². The van der Waals surface area contributed by atoms with Gasteiger partial charge >= 0.3 is 0 Å². The minimum atomic E-state index is -0.512. The van der Waals surface area contributed by atoms with E-state index in [-0.39, 0.29) is 5.69 Å². The zero-order valence-electron chi connectivity index (χ0n) is 9.93. The highest BCUT2D eigenvalue weighted by atomic mass is 35.5. The van der Waals surface area contributed by atoms with Gasteiger partial charge in [-0.3, -0.25) is 10.1 Å². The Morgan fingerprint density at radius 1 is 1.25 bits per heavy atom. The maximum absolute atomic E-state index is 13.1. The van der Waals surface area contributed by atoms with E-state index in [1.165, 1.54) is 36.4 Å². The molecule has 0 aliphatic carbocycles. The molecule has 1 heterocycles. The monoisotopic (exact) mass is 291 g/mol. The van der Waals surface area contributed by atoms with Crippen LogP contribution in [0.4, 0.5) is 10.1 Å². The third-order valence-corrected chi connectivity index (χ3v) is 3.19. The van der Waals surface area contributed by atoms with Crippen molar-refractivity contribution in [2.45, 2.75) is 0 Å². The number of aromatic amines is 1. The van der Waals surface area contributed by atoms with Gasteiger partial charge in [-0.2, -0.15) is 0 Å². The molecule has 2 aromatic carbocycles. The van der Waals surface area contributed by atoms with Crippen molar-refractivity contribution in [1.29, 1.82) is 0 Å². The van der Waals surface area contributed by atoms with Crippen molar-refractivity contribution in [3.05, 3.63) is 57.4 Å². The lowest BCUT2D eigenvalue weighted by molar-refractivity contribution is -0.384. The number of rotatable bonds is 2. The molecule has 0 aliphatic rings. The van der Waals surface area contributed by atoms with E-state index in [1.807, 2.05) is 0 Å². The lowest BCUT2D eigenvalue weighted by atomic mass is 10.2. The summed E-state index contributed by atoms with van der Waals surface area (Å²) in [6.45, 7) is 0. The zero-order chi connectivity index (χ0) is 14.3. The summed E-state index contributed by atoms with van der Waals surface area (Å²) in [6, 6.07) is 8.20. The highest BCUT2D eigenvalue weighted by Gasteiger charge is 2.14. The molecule has 7 heteroatoms. The van der Waals surface area contributed by atoms with Crippen molar-refractivity contribution in [3.63, 3.8) is 0 Å². The van der Waals surface area contributed by atoms with Crippen LogP contribution in [-0.2, 0) is 0 Å².